The Kier molecular flexibility index (Phi) is 44.0. The number of nitriles is 3. The van der Waals surface area contributed by atoms with Crippen LogP contribution in [0.2, 0.25) is 0 Å². The van der Waals surface area contributed by atoms with Crippen LogP contribution in [0.15, 0.2) is 40.3 Å². The van der Waals surface area contributed by atoms with Crippen molar-refractivity contribution in [2.75, 3.05) is 35.2 Å². The SMILES string of the molecule is C.CC#N.CN.CN.CN=C(NC#N)Oc1ccccc1.CN=C(NC)NC#N. The van der Waals surface area contributed by atoms with Gasteiger partial charge in [0.05, 0.1) is 6.07 Å². The highest BCUT2D eigenvalue weighted by Crippen LogP contribution is 2.07. The molecule has 0 fully saturated rings. The molecule has 0 radical (unpaired) electrons. The third kappa shape index (κ3) is 29.2. The van der Waals surface area contributed by atoms with Crippen LogP contribution in [-0.2, 0) is 0 Å². The van der Waals surface area contributed by atoms with Gasteiger partial charge in [0.2, 0.25) is 5.96 Å². The predicted molar refractivity (Wildman–Crippen MR) is 119 cm³/mol. The number of benzene rings is 1. The van der Waals surface area contributed by atoms with E-state index in [9.17, 15) is 0 Å². The van der Waals surface area contributed by atoms with Crippen molar-refractivity contribution in [1.29, 1.82) is 15.8 Å². The van der Waals surface area contributed by atoms with Crippen LogP contribution < -0.4 is 32.2 Å². The summed E-state index contributed by atoms with van der Waals surface area (Å²) in [7, 11) is 7.82. The molecule has 0 aliphatic heterocycles. The van der Waals surface area contributed by atoms with E-state index >= 15 is 0 Å². The van der Waals surface area contributed by atoms with Gasteiger partial charge in [-0.25, -0.2) is 10.3 Å². The lowest BCUT2D eigenvalue weighted by Gasteiger charge is -2.04. The number of nitrogens with two attached hydrogens (primary N) is 2. The molecule has 1 aromatic carbocycles. The molecule has 0 heterocycles. The normalized spacial score (nSPS) is 8.03. The number of hydrogen-bond donors (Lipinski definition) is 5. The summed E-state index contributed by atoms with van der Waals surface area (Å²) in [4.78, 5) is 7.40. The fourth-order valence-electron chi connectivity index (χ4n) is 1.06. The van der Waals surface area contributed by atoms with Crippen molar-refractivity contribution in [3.63, 3.8) is 0 Å². The van der Waals surface area contributed by atoms with Crippen molar-refractivity contribution < 1.29 is 4.74 Å². The van der Waals surface area contributed by atoms with Crippen LogP contribution in [0.25, 0.3) is 0 Å². The first-order valence-electron chi connectivity index (χ1n) is 7.74. The number of hydrogen-bond acceptors (Lipinski definition) is 8. The quantitative estimate of drug-likeness (QED) is 0.193. The molecule has 0 unspecified atom stereocenters. The zero-order valence-corrected chi connectivity index (χ0v) is 17.2. The summed E-state index contributed by atoms with van der Waals surface area (Å²) in [5.74, 6) is 1.12. The van der Waals surface area contributed by atoms with Gasteiger partial charge in [0, 0.05) is 28.1 Å². The first kappa shape index (κ1) is 36.1. The van der Waals surface area contributed by atoms with E-state index in [0.29, 0.717) is 11.7 Å². The highest BCUT2D eigenvalue weighted by atomic mass is 16.5. The highest BCUT2D eigenvalue weighted by Gasteiger charge is 1.98. The number of aliphatic imine (C=N–C) groups is 2. The summed E-state index contributed by atoms with van der Waals surface area (Å²) in [5.41, 5.74) is 9.00. The Morgan fingerprint density at radius 2 is 1.38 bits per heavy atom. The maximum Gasteiger partial charge on any atom is 0.303 e. The van der Waals surface area contributed by atoms with Crippen LogP contribution >= 0.6 is 0 Å². The summed E-state index contributed by atoms with van der Waals surface area (Å²) in [6, 6.07) is 11.1. The molecule has 0 aromatic heterocycles. The van der Waals surface area contributed by atoms with Crippen LogP contribution in [0, 0.1) is 34.2 Å². The van der Waals surface area contributed by atoms with Gasteiger partial charge in [-0.3, -0.25) is 10.3 Å². The Hall–Kier alpha value is -3.85. The van der Waals surface area contributed by atoms with Gasteiger partial charge in [0.25, 0.3) is 0 Å². The standard InChI is InChI=1S/C9H9N3O.C4H8N4.C2H3N.2CH5N.CH4/c1-11-9(12-7-10)13-8-5-3-2-4-6-8;1-6-4(7-2)8-3-5;1-2-3;2*1-2;/h2-6H,1H3,(H,11,12);1-2H3,(H2,6,7,8);1H3;2*2H2,1H3;1H4. The second kappa shape index (κ2) is 35.3. The molecule has 29 heavy (non-hydrogen) atoms. The van der Waals surface area contributed by atoms with Crippen molar-refractivity contribution >= 4 is 12.0 Å². The first-order chi connectivity index (χ1) is 13.6. The van der Waals surface area contributed by atoms with E-state index in [1.165, 1.54) is 21.0 Å². The molecule has 11 nitrogen and oxygen atoms in total. The maximum absolute atomic E-state index is 8.32. The largest absolute Gasteiger partial charge is 0.425 e. The van der Waals surface area contributed by atoms with Gasteiger partial charge in [-0.05, 0) is 26.2 Å². The Bertz CT molecular complexity index is 625. The van der Waals surface area contributed by atoms with Gasteiger partial charge in [0.15, 0.2) is 12.4 Å². The van der Waals surface area contributed by atoms with E-state index in [1.54, 1.807) is 51.7 Å². The molecule has 7 N–H and O–H groups in total. The van der Waals surface area contributed by atoms with Gasteiger partial charge in [0.1, 0.15) is 5.75 Å². The van der Waals surface area contributed by atoms with Gasteiger partial charge in [-0.2, -0.15) is 15.8 Å². The monoisotopic (exact) mass is 406 g/mol. The predicted octanol–water partition coefficient (Wildman–Crippen LogP) is 0.700. The average molecular weight is 407 g/mol. The smallest absolute Gasteiger partial charge is 0.303 e. The van der Waals surface area contributed by atoms with E-state index < -0.39 is 0 Å². The van der Waals surface area contributed by atoms with E-state index in [0.717, 1.165) is 0 Å². The molecular weight excluding hydrogens is 372 g/mol. The molecule has 0 aliphatic carbocycles. The topological polar surface area (TPSA) is 193 Å². The molecule has 1 aromatic rings. The Morgan fingerprint density at radius 3 is 1.66 bits per heavy atom. The number of para-hydroxylation sites is 1. The fourth-order valence-corrected chi connectivity index (χ4v) is 1.06. The Balaban J connectivity index is -0.000000104. The van der Waals surface area contributed by atoms with Gasteiger partial charge < -0.3 is 21.5 Å². The molecule has 0 saturated carbocycles. The van der Waals surface area contributed by atoms with Crippen molar-refractivity contribution in [1.82, 2.24) is 16.0 Å². The van der Waals surface area contributed by atoms with Gasteiger partial charge >= 0.3 is 6.02 Å². The number of nitrogens with one attached hydrogen (secondary N) is 3. The van der Waals surface area contributed by atoms with E-state index in [4.69, 9.17) is 20.5 Å². The molecule has 0 spiro atoms. The second-order valence-electron chi connectivity index (χ2n) is 3.46. The lowest BCUT2D eigenvalue weighted by atomic mass is 10.3. The second-order valence-corrected chi connectivity index (χ2v) is 3.46. The summed E-state index contributed by atoms with van der Waals surface area (Å²) in [6.07, 6.45) is 3.46. The summed E-state index contributed by atoms with van der Waals surface area (Å²) in [6.45, 7) is 1.43. The zero-order valence-electron chi connectivity index (χ0n) is 17.2. The minimum Gasteiger partial charge on any atom is -0.425 e. The minimum atomic E-state index is 0. The number of nitrogens with zero attached hydrogens (tertiary/aromatic N) is 5. The summed E-state index contributed by atoms with van der Waals surface area (Å²) in [5, 5.41) is 31.0. The van der Waals surface area contributed by atoms with E-state index in [2.05, 4.69) is 37.4 Å². The number of ether oxygens (including phenoxy) is 1. The Labute approximate surface area is 174 Å². The number of rotatable bonds is 1. The summed E-state index contributed by atoms with van der Waals surface area (Å²) >= 11 is 0. The molecule has 0 aliphatic rings. The number of amidine groups is 1. The van der Waals surface area contributed by atoms with E-state index in [1.807, 2.05) is 18.2 Å². The molecule has 0 amide bonds. The van der Waals surface area contributed by atoms with Crippen LogP contribution in [0.4, 0.5) is 0 Å². The molecule has 1 rings (SSSR count). The highest BCUT2D eigenvalue weighted by molar-refractivity contribution is 5.80. The maximum atomic E-state index is 8.32. The molecule has 0 bridgehead atoms. The molecule has 162 valence electrons. The van der Waals surface area contributed by atoms with Crippen LogP contribution in [-0.4, -0.2) is 47.2 Å². The fraction of sp³-hybridized carbons (Fsp3) is 0.389. The average Bonchev–Trinajstić information content (AvgIpc) is 2.76. The zero-order chi connectivity index (χ0) is 22.6. The van der Waals surface area contributed by atoms with Crippen molar-refractivity contribution in [3.05, 3.63) is 30.3 Å². The molecular formula is C18H34N10O. The molecule has 11 heteroatoms. The van der Waals surface area contributed by atoms with Crippen LogP contribution in [0.1, 0.15) is 14.4 Å². The van der Waals surface area contributed by atoms with Crippen molar-refractivity contribution in [3.8, 4) is 24.2 Å². The first-order valence-corrected chi connectivity index (χ1v) is 7.74. The van der Waals surface area contributed by atoms with Gasteiger partial charge in [-0.15, -0.1) is 0 Å². The van der Waals surface area contributed by atoms with Crippen molar-refractivity contribution in [2.24, 2.45) is 21.5 Å². The third-order valence-corrected chi connectivity index (χ3v) is 1.96. The minimum absolute atomic E-state index is 0. The lowest BCUT2D eigenvalue weighted by Crippen LogP contribution is -2.30. The van der Waals surface area contributed by atoms with Crippen LogP contribution in [0.5, 0.6) is 5.75 Å². The third-order valence-electron chi connectivity index (χ3n) is 1.96. The Morgan fingerprint density at radius 1 is 0.931 bits per heavy atom. The lowest BCUT2D eigenvalue weighted by molar-refractivity contribution is 0.529. The molecule has 0 atom stereocenters. The van der Waals surface area contributed by atoms with Crippen LogP contribution in [0.3, 0.4) is 0 Å². The van der Waals surface area contributed by atoms with Crippen molar-refractivity contribution in [2.45, 2.75) is 14.4 Å². The number of guanidine groups is 1. The van der Waals surface area contributed by atoms with E-state index in [-0.39, 0.29) is 13.4 Å². The van der Waals surface area contributed by atoms with Gasteiger partial charge in [-0.1, -0.05) is 25.6 Å². The summed E-state index contributed by atoms with van der Waals surface area (Å²) < 4.78 is 5.22. The molecule has 0 saturated heterocycles.